The van der Waals surface area contributed by atoms with Gasteiger partial charge in [-0.3, -0.25) is 14.9 Å². The van der Waals surface area contributed by atoms with Crippen molar-refractivity contribution in [1.82, 2.24) is 10.2 Å². The van der Waals surface area contributed by atoms with E-state index < -0.39 is 10.7 Å². The van der Waals surface area contributed by atoms with Gasteiger partial charge in [0.15, 0.2) is 0 Å². The number of nitrogens with one attached hydrogen (secondary N) is 1. The van der Waals surface area contributed by atoms with Gasteiger partial charge in [0.2, 0.25) is 0 Å². The number of hydrogen-bond donors (Lipinski definition) is 1. The topological polar surface area (TPSA) is 75.5 Å². The first kappa shape index (κ1) is 16.6. The molecule has 1 amide bonds. The fourth-order valence-electron chi connectivity index (χ4n) is 3.19. The summed E-state index contributed by atoms with van der Waals surface area (Å²) in [7, 11) is 0. The van der Waals surface area contributed by atoms with E-state index >= 15 is 0 Å². The summed E-state index contributed by atoms with van der Waals surface area (Å²) in [5.74, 6) is -0.794. The van der Waals surface area contributed by atoms with E-state index in [1.807, 2.05) is 0 Å². The number of nitro groups is 1. The molecule has 2 unspecified atom stereocenters. The summed E-state index contributed by atoms with van der Waals surface area (Å²) in [6.45, 7) is 2.17. The van der Waals surface area contributed by atoms with Gasteiger partial charge in [-0.15, -0.1) is 12.4 Å². The van der Waals surface area contributed by atoms with E-state index in [0.717, 1.165) is 25.5 Å². The summed E-state index contributed by atoms with van der Waals surface area (Å²) in [6.07, 6.45) is 1.89. The molecule has 0 spiro atoms. The SMILES string of the molecule is Cl.O=C(c1ccc([N+](=O)[O-])cc1F)N1CCC2NCCC2C1. The van der Waals surface area contributed by atoms with Crippen molar-refractivity contribution in [3.63, 3.8) is 0 Å². The molecule has 2 aliphatic rings. The quantitative estimate of drug-likeness (QED) is 0.665. The lowest BCUT2D eigenvalue weighted by Gasteiger charge is -2.34. The Balaban J connectivity index is 0.00000176. The van der Waals surface area contributed by atoms with E-state index in [1.54, 1.807) is 4.90 Å². The zero-order valence-corrected chi connectivity index (χ0v) is 12.6. The Morgan fingerprint density at radius 1 is 1.41 bits per heavy atom. The third-order valence-electron chi connectivity index (χ3n) is 4.34. The molecule has 22 heavy (non-hydrogen) atoms. The Hall–Kier alpha value is -1.73. The fourth-order valence-corrected chi connectivity index (χ4v) is 3.19. The third kappa shape index (κ3) is 3.05. The molecule has 2 saturated heterocycles. The summed E-state index contributed by atoms with van der Waals surface area (Å²) in [6, 6.07) is 3.63. The molecule has 0 aromatic heterocycles. The number of non-ortho nitro benzene ring substituents is 1. The lowest BCUT2D eigenvalue weighted by atomic mass is 9.93. The molecule has 1 N–H and O–H groups in total. The van der Waals surface area contributed by atoms with Crippen LogP contribution in [0, 0.1) is 21.8 Å². The van der Waals surface area contributed by atoms with Crippen molar-refractivity contribution in [2.75, 3.05) is 19.6 Å². The highest BCUT2D eigenvalue weighted by atomic mass is 35.5. The number of nitrogens with zero attached hydrogens (tertiary/aromatic N) is 2. The predicted molar refractivity (Wildman–Crippen MR) is 80.7 cm³/mol. The second kappa shape index (κ2) is 6.58. The molecule has 1 aromatic carbocycles. The molecule has 2 aliphatic heterocycles. The smallest absolute Gasteiger partial charge is 0.272 e. The van der Waals surface area contributed by atoms with Gasteiger partial charge >= 0.3 is 0 Å². The molecule has 8 heteroatoms. The summed E-state index contributed by atoms with van der Waals surface area (Å²) < 4.78 is 13.9. The minimum Gasteiger partial charge on any atom is -0.338 e. The lowest BCUT2D eigenvalue weighted by molar-refractivity contribution is -0.385. The van der Waals surface area contributed by atoms with Gasteiger partial charge in [0, 0.05) is 25.2 Å². The molecular formula is C14H17ClFN3O3. The summed E-state index contributed by atoms with van der Waals surface area (Å²) in [4.78, 5) is 24.0. The average Bonchev–Trinajstić information content (AvgIpc) is 2.93. The van der Waals surface area contributed by atoms with E-state index in [-0.39, 0.29) is 29.6 Å². The molecule has 2 heterocycles. The minimum absolute atomic E-state index is 0. The molecule has 6 nitrogen and oxygen atoms in total. The largest absolute Gasteiger partial charge is 0.338 e. The van der Waals surface area contributed by atoms with Crippen LogP contribution >= 0.6 is 12.4 Å². The van der Waals surface area contributed by atoms with Crippen LogP contribution in [-0.4, -0.2) is 41.4 Å². The Morgan fingerprint density at radius 2 is 2.18 bits per heavy atom. The lowest BCUT2D eigenvalue weighted by Crippen LogP contribution is -2.47. The first-order valence-electron chi connectivity index (χ1n) is 7.03. The summed E-state index contributed by atoms with van der Waals surface area (Å²) in [5, 5.41) is 14.0. The highest BCUT2D eigenvalue weighted by molar-refractivity contribution is 5.94. The Morgan fingerprint density at radius 3 is 2.86 bits per heavy atom. The van der Waals surface area contributed by atoms with Crippen LogP contribution in [-0.2, 0) is 0 Å². The Labute approximate surface area is 133 Å². The maximum Gasteiger partial charge on any atom is 0.272 e. The van der Waals surface area contributed by atoms with Gasteiger partial charge < -0.3 is 10.2 Å². The van der Waals surface area contributed by atoms with E-state index in [2.05, 4.69) is 5.32 Å². The standard InChI is InChI=1S/C14H16FN3O3.ClH/c15-12-7-10(18(20)21)1-2-11(12)14(19)17-6-4-13-9(8-17)3-5-16-13;/h1-2,7,9,13,16H,3-6,8H2;1H. The number of fused-ring (bicyclic) bond motifs is 1. The Bertz CT molecular complexity index is 599. The number of likely N-dealkylation sites (tertiary alicyclic amines) is 1. The number of nitro benzene ring substituents is 1. The molecule has 120 valence electrons. The van der Waals surface area contributed by atoms with E-state index in [0.29, 0.717) is 25.0 Å². The van der Waals surface area contributed by atoms with Gasteiger partial charge in [0.25, 0.3) is 11.6 Å². The number of carbonyl (C=O) groups is 1. The van der Waals surface area contributed by atoms with Crippen LogP contribution in [0.15, 0.2) is 18.2 Å². The third-order valence-corrected chi connectivity index (χ3v) is 4.34. The van der Waals surface area contributed by atoms with Crippen molar-refractivity contribution in [2.45, 2.75) is 18.9 Å². The maximum atomic E-state index is 13.9. The van der Waals surface area contributed by atoms with Crippen LogP contribution in [0.2, 0.25) is 0 Å². The van der Waals surface area contributed by atoms with Gasteiger partial charge in [0.1, 0.15) is 5.82 Å². The Kier molecular flexibility index (Phi) is 4.97. The van der Waals surface area contributed by atoms with Gasteiger partial charge in [-0.25, -0.2) is 4.39 Å². The number of rotatable bonds is 2. The number of benzene rings is 1. The number of amides is 1. The van der Waals surface area contributed by atoms with E-state index in [4.69, 9.17) is 0 Å². The highest BCUT2D eigenvalue weighted by Crippen LogP contribution is 2.26. The van der Waals surface area contributed by atoms with Crippen molar-refractivity contribution in [3.8, 4) is 0 Å². The molecule has 3 rings (SSSR count). The van der Waals surface area contributed by atoms with Gasteiger partial charge in [0.05, 0.1) is 16.6 Å². The summed E-state index contributed by atoms with van der Waals surface area (Å²) in [5.41, 5.74) is -0.437. The number of halogens is 2. The maximum absolute atomic E-state index is 13.9. The molecule has 0 saturated carbocycles. The monoisotopic (exact) mass is 329 g/mol. The van der Waals surface area contributed by atoms with Crippen molar-refractivity contribution in [3.05, 3.63) is 39.7 Å². The predicted octanol–water partition coefficient (Wildman–Crippen LogP) is 1.98. The van der Waals surface area contributed by atoms with Crippen LogP contribution in [0.3, 0.4) is 0 Å². The van der Waals surface area contributed by atoms with Crippen LogP contribution in [0.1, 0.15) is 23.2 Å². The zero-order chi connectivity index (χ0) is 15.0. The number of piperidine rings is 1. The van der Waals surface area contributed by atoms with Crippen molar-refractivity contribution in [2.24, 2.45) is 5.92 Å². The molecular weight excluding hydrogens is 313 g/mol. The first-order valence-corrected chi connectivity index (χ1v) is 7.03. The van der Waals surface area contributed by atoms with Crippen LogP contribution in [0.5, 0.6) is 0 Å². The second-order valence-corrected chi connectivity index (χ2v) is 5.57. The molecule has 2 fully saturated rings. The number of carbonyl (C=O) groups excluding carboxylic acids is 1. The van der Waals surface area contributed by atoms with Gasteiger partial charge in [-0.05, 0) is 31.4 Å². The first-order chi connectivity index (χ1) is 10.1. The molecule has 0 radical (unpaired) electrons. The normalized spacial score (nSPS) is 23.6. The molecule has 2 atom stereocenters. The highest BCUT2D eigenvalue weighted by Gasteiger charge is 2.35. The zero-order valence-electron chi connectivity index (χ0n) is 11.8. The van der Waals surface area contributed by atoms with Gasteiger partial charge in [-0.2, -0.15) is 0 Å². The van der Waals surface area contributed by atoms with Gasteiger partial charge in [-0.1, -0.05) is 0 Å². The van der Waals surface area contributed by atoms with Crippen LogP contribution in [0.25, 0.3) is 0 Å². The second-order valence-electron chi connectivity index (χ2n) is 5.57. The van der Waals surface area contributed by atoms with Crippen molar-refractivity contribution in [1.29, 1.82) is 0 Å². The summed E-state index contributed by atoms with van der Waals surface area (Å²) >= 11 is 0. The van der Waals surface area contributed by atoms with Crippen LogP contribution < -0.4 is 5.32 Å². The van der Waals surface area contributed by atoms with E-state index in [1.165, 1.54) is 12.1 Å². The minimum atomic E-state index is -0.833. The average molecular weight is 330 g/mol. The molecule has 0 bridgehead atoms. The number of hydrogen-bond acceptors (Lipinski definition) is 4. The van der Waals surface area contributed by atoms with Crippen molar-refractivity contribution < 1.29 is 14.1 Å². The van der Waals surface area contributed by atoms with Crippen molar-refractivity contribution >= 4 is 24.0 Å². The fraction of sp³-hybridized carbons (Fsp3) is 0.500. The van der Waals surface area contributed by atoms with Crippen LogP contribution in [0.4, 0.5) is 10.1 Å². The molecule has 0 aliphatic carbocycles. The van der Waals surface area contributed by atoms with E-state index in [9.17, 15) is 19.3 Å². The molecule has 1 aromatic rings.